The number of benzene rings is 2. The number of aliphatic hydroxyl groups is 1. The molecule has 0 heterocycles. The van der Waals surface area contributed by atoms with E-state index in [1.165, 1.54) is 80.6 Å². The maximum Gasteiger partial charge on any atom is 0.138 e. The Balaban J connectivity index is 1.87. The summed E-state index contributed by atoms with van der Waals surface area (Å²) in [6, 6.07) is 10.6. The largest absolute Gasteiger partial charge is 0.496 e. The number of aliphatic hydroxyl groups excluding tert-OH is 1. The first-order valence-corrected chi connectivity index (χ1v) is 13.9. The standard InChI is InChI=1S/C28H39O3P/c1-20-18-21(19-29)14-15-24(20)25-16-17-26(30-2)28(27(25)31-3)32(22-10-6-4-7-11-22)23-12-8-5-9-13-23/h14-18,22-23,29H,4-13,19H2,1-3H3. The molecule has 3 nitrogen and oxygen atoms in total. The summed E-state index contributed by atoms with van der Waals surface area (Å²) in [7, 11) is 3.28. The van der Waals surface area contributed by atoms with Gasteiger partial charge in [0.25, 0.3) is 0 Å². The van der Waals surface area contributed by atoms with E-state index in [2.05, 4.69) is 31.2 Å². The Bertz CT molecular complexity index is 880. The van der Waals surface area contributed by atoms with Crippen molar-refractivity contribution in [3.05, 3.63) is 41.5 Å². The lowest BCUT2D eigenvalue weighted by atomic mass is 9.97. The van der Waals surface area contributed by atoms with E-state index >= 15 is 0 Å². The van der Waals surface area contributed by atoms with Gasteiger partial charge in [-0.25, -0.2) is 0 Å². The molecule has 1 N–H and O–H groups in total. The van der Waals surface area contributed by atoms with Crippen molar-refractivity contribution in [2.45, 2.75) is 89.1 Å². The average Bonchev–Trinajstić information content (AvgIpc) is 2.85. The van der Waals surface area contributed by atoms with Gasteiger partial charge in [-0.15, -0.1) is 0 Å². The number of ether oxygens (including phenoxy) is 2. The maximum absolute atomic E-state index is 9.56. The first-order chi connectivity index (χ1) is 15.7. The van der Waals surface area contributed by atoms with Crippen LogP contribution >= 0.6 is 7.92 Å². The first kappa shape index (κ1) is 23.6. The highest BCUT2D eigenvalue weighted by Gasteiger charge is 2.36. The van der Waals surface area contributed by atoms with Crippen molar-refractivity contribution in [1.82, 2.24) is 0 Å². The molecule has 0 bridgehead atoms. The molecule has 2 aliphatic carbocycles. The van der Waals surface area contributed by atoms with Crippen molar-refractivity contribution < 1.29 is 14.6 Å². The lowest BCUT2D eigenvalue weighted by Gasteiger charge is -2.40. The fourth-order valence-corrected chi connectivity index (χ4v) is 9.93. The summed E-state index contributed by atoms with van der Waals surface area (Å²) in [5, 5.41) is 10.9. The van der Waals surface area contributed by atoms with Crippen molar-refractivity contribution in [3.8, 4) is 22.6 Å². The van der Waals surface area contributed by atoms with Crippen LogP contribution in [0.25, 0.3) is 11.1 Å². The fraction of sp³-hybridized carbons (Fsp3) is 0.571. The summed E-state index contributed by atoms with van der Waals surface area (Å²) in [6.07, 6.45) is 13.6. The minimum Gasteiger partial charge on any atom is -0.496 e. The Morgan fingerprint density at radius 1 is 0.812 bits per heavy atom. The van der Waals surface area contributed by atoms with Crippen LogP contribution in [-0.2, 0) is 6.61 Å². The van der Waals surface area contributed by atoms with Gasteiger partial charge in [0.2, 0.25) is 0 Å². The zero-order chi connectivity index (χ0) is 22.5. The van der Waals surface area contributed by atoms with E-state index in [4.69, 9.17) is 9.47 Å². The van der Waals surface area contributed by atoms with Gasteiger partial charge >= 0.3 is 0 Å². The summed E-state index contributed by atoms with van der Waals surface area (Å²) < 4.78 is 12.2. The highest BCUT2D eigenvalue weighted by molar-refractivity contribution is 7.67. The Kier molecular flexibility index (Phi) is 8.13. The molecule has 2 aromatic rings. The average molecular weight is 455 g/mol. The summed E-state index contributed by atoms with van der Waals surface area (Å²) in [6.45, 7) is 2.20. The molecule has 0 aliphatic heterocycles. The first-order valence-electron chi connectivity index (χ1n) is 12.4. The SMILES string of the molecule is COc1ccc(-c2ccc(CO)cc2C)c(OC)c1P(C1CCCCC1)C1CCCCC1. The van der Waals surface area contributed by atoms with E-state index in [0.717, 1.165) is 33.9 Å². The molecule has 0 spiro atoms. The van der Waals surface area contributed by atoms with E-state index in [9.17, 15) is 5.11 Å². The summed E-state index contributed by atoms with van der Waals surface area (Å²) in [5.41, 5.74) is 6.02. The molecule has 0 saturated heterocycles. The van der Waals surface area contributed by atoms with Crippen LogP contribution in [0.5, 0.6) is 11.5 Å². The lowest BCUT2D eigenvalue weighted by molar-refractivity contribution is 0.282. The zero-order valence-electron chi connectivity index (χ0n) is 20.0. The third-order valence-electron chi connectivity index (χ3n) is 7.48. The highest BCUT2D eigenvalue weighted by Crippen LogP contribution is 2.58. The van der Waals surface area contributed by atoms with Gasteiger partial charge in [0.15, 0.2) is 0 Å². The second-order valence-electron chi connectivity index (χ2n) is 9.50. The van der Waals surface area contributed by atoms with Crippen LogP contribution in [0.15, 0.2) is 30.3 Å². The van der Waals surface area contributed by atoms with E-state index in [1.807, 2.05) is 20.3 Å². The van der Waals surface area contributed by atoms with Crippen LogP contribution in [0.1, 0.15) is 75.3 Å². The molecule has 2 aromatic carbocycles. The van der Waals surface area contributed by atoms with Crippen molar-refractivity contribution in [1.29, 1.82) is 0 Å². The molecule has 4 rings (SSSR count). The van der Waals surface area contributed by atoms with Crippen LogP contribution in [0.2, 0.25) is 0 Å². The minimum atomic E-state index is -0.361. The molecule has 2 aliphatic rings. The Hall–Kier alpha value is -1.57. The maximum atomic E-state index is 9.56. The van der Waals surface area contributed by atoms with Crippen LogP contribution in [0, 0.1) is 6.92 Å². The fourth-order valence-electron chi connectivity index (χ4n) is 5.89. The topological polar surface area (TPSA) is 38.7 Å². The van der Waals surface area contributed by atoms with Crippen molar-refractivity contribution in [2.24, 2.45) is 0 Å². The molecule has 2 fully saturated rings. The third-order valence-corrected chi connectivity index (χ3v) is 11.0. The Labute approximate surface area is 195 Å². The molecule has 0 amide bonds. The van der Waals surface area contributed by atoms with E-state index in [-0.39, 0.29) is 14.5 Å². The minimum absolute atomic E-state index is 0.0702. The number of methoxy groups -OCH3 is 2. The van der Waals surface area contributed by atoms with E-state index in [0.29, 0.717) is 0 Å². The number of hydrogen-bond donors (Lipinski definition) is 1. The molecular formula is C28H39O3P. The monoisotopic (exact) mass is 454 g/mol. The molecule has 0 aromatic heterocycles. The quantitative estimate of drug-likeness (QED) is 0.460. The van der Waals surface area contributed by atoms with Crippen LogP contribution in [-0.4, -0.2) is 30.6 Å². The second kappa shape index (κ2) is 11.0. The molecule has 0 radical (unpaired) electrons. The number of hydrogen-bond acceptors (Lipinski definition) is 3. The van der Waals surface area contributed by atoms with Gasteiger partial charge in [-0.3, -0.25) is 0 Å². The molecule has 0 atom stereocenters. The normalized spacial score (nSPS) is 18.2. The molecule has 4 heteroatoms. The molecule has 0 unspecified atom stereocenters. The zero-order valence-corrected chi connectivity index (χ0v) is 20.9. The van der Waals surface area contributed by atoms with Gasteiger partial charge in [-0.05, 0) is 72.7 Å². The van der Waals surface area contributed by atoms with Crippen LogP contribution in [0.4, 0.5) is 0 Å². The van der Waals surface area contributed by atoms with E-state index < -0.39 is 0 Å². The predicted molar refractivity (Wildman–Crippen MR) is 136 cm³/mol. The van der Waals surface area contributed by atoms with Gasteiger partial charge in [0.1, 0.15) is 11.5 Å². The predicted octanol–water partition coefficient (Wildman–Crippen LogP) is 6.94. The van der Waals surface area contributed by atoms with Crippen molar-refractivity contribution in [3.63, 3.8) is 0 Å². The van der Waals surface area contributed by atoms with Gasteiger partial charge in [-0.2, -0.15) is 0 Å². The second-order valence-corrected chi connectivity index (χ2v) is 12.2. The van der Waals surface area contributed by atoms with Crippen molar-refractivity contribution in [2.75, 3.05) is 14.2 Å². The molecular weight excluding hydrogens is 415 g/mol. The van der Waals surface area contributed by atoms with Crippen LogP contribution < -0.4 is 14.8 Å². The van der Waals surface area contributed by atoms with Crippen LogP contribution in [0.3, 0.4) is 0 Å². The Morgan fingerprint density at radius 3 is 1.91 bits per heavy atom. The Morgan fingerprint density at radius 2 is 1.41 bits per heavy atom. The summed E-state index contributed by atoms with van der Waals surface area (Å²) in [5.74, 6) is 2.03. The smallest absolute Gasteiger partial charge is 0.138 e. The van der Waals surface area contributed by atoms with Gasteiger partial charge in [0, 0.05) is 5.56 Å². The number of rotatable bonds is 7. The van der Waals surface area contributed by atoms with E-state index in [1.54, 1.807) is 0 Å². The van der Waals surface area contributed by atoms with Crippen molar-refractivity contribution >= 4 is 13.2 Å². The number of aryl methyl sites for hydroxylation is 1. The third kappa shape index (κ3) is 4.85. The summed E-state index contributed by atoms with van der Waals surface area (Å²) >= 11 is 0. The highest BCUT2D eigenvalue weighted by atomic mass is 31.1. The summed E-state index contributed by atoms with van der Waals surface area (Å²) in [4.78, 5) is 0. The molecule has 2 saturated carbocycles. The van der Waals surface area contributed by atoms with Gasteiger partial charge in [-0.1, -0.05) is 64.6 Å². The van der Waals surface area contributed by atoms with Gasteiger partial charge < -0.3 is 14.6 Å². The van der Waals surface area contributed by atoms with Gasteiger partial charge in [0.05, 0.1) is 26.1 Å². The molecule has 32 heavy (non-hydrogen) atoms. The molecule has 174 valence electrons. The lowest BCUT2D eigenvalue weighted by Crippen LogP contribution is -2.28.